The summed E-state index contributed by atoms with van der Waals surface area (Å²) < 4.78 is 10.7. The number of benzene rings is 2. The molecule has 25 heavy (non-hydrogen) atoms. The lowest BCUT2D eigenvalue weighted by molar-refractivity contribution is -0.116. The molecular weight excluding hydrogens is 316 g/mol. The van der Waals surface area contributed by atoms with Gasteiger partial charge in [-0.05, 0) is 35.2 Å². The van der Waals surface area contributed by atoms with Gasteiger partial charge in [0.05, 0.1) is 0 Å². The van der Waals surface area contributed by atoms with Gasteiger partial charge < -0.3 is 20.1 Å². The Kier molecular flexibility index (Phi) is 5.56. The van der Waals surface area contributed by atoms with Crippen molar-refractivity contribution in [1.82, 2.24) is 5.32 Å². The number of para-hydroxylation sites is 1. The molecule has 0 aromatic heterocycles. The van der Waals surface area contributed by atoms with Gasteiger partial charge in [-0.25, -0.2) is 0 Å². The highest BCUT2D eigenvalue weighted by Gasteiger charge is 2.13. The van der Waals surface area contributed by atoms with Crippen LogP contribution in [-0.4, -0.2) is 19.2 Å². The van der Waals surface area contributed by atoms with Crippen LogP contribution in [0.4, 0.5) is 5.69 Å². The van der Waals surface area contributed by atoms with Crippen LogP contribution in [0.25, 0.3) is 0 Å². The summed E-state index contributed by atoms with van der Waals surface area (Å²) in [4.78, 5) is 12.2. The van der Waals surface area contributed by atoms with Gasteiger partial charge in [-0.1, -0.05) is 38.1 Å². The third kappa shape index (κ3) is 4.51. The summed E-state index contributed by atoms with van der Waals surface area (Å²) in [7, 11) is 0. The first-order valence-electron chi connectivity index (χ1n) is 8.61. The fraction of sp³-hybridized carbons (Fsp3) is 0.350. The number of amides is 1. The number of hydrogen-bond acceptors (Lipinski definition) is 4. The largest absolute Gasteiger partial charge is 0.454 e. The molecule has 0 bridgehead atoms. The standard InChI is InChI=1S/C20H24N2O3/c1-14(2)16-5-3-4-6-17(16)22-20(23)9-10-21-12-15-7-8-18-19(11-15)25-13-24-18/h3-8,11,14,21H,9-10,12-13H2,1-2H3,(H,22,23). The van der Waals surface area contributed by atoms with Gasteiger partial charge in [-0.3, -0.25) is 4.79 Å². The molecule has 0 fully saturated rings. The first-order chi connectivity index (χ1) is 12.1. The molecule has 0 atom stereocenters. The zero-order valence-corrected chi connectivity index (χ0v) is 14.7. The number of carbonyl (C=O) groups is 1. The number of anilines is 1. The van der Waals surface area contributed by atoms with E-state index in [0.717, 1.165) is 28.3 Å². The first kappa shape index (κ1) is 17.3. The Morgan fingerprint density at radius 3 is 2.76 bits per heavy atom. The molecule has 5 heteroatoms. The van der Waals surface area contributed by atoms with Crippen molar-refractivity contribution >= 4 is 11.6 Å². The molecule has 0 aliphatic carbocycles. The van der Waals surface area contributed by atoms with E-state index in [4.69, 9.17) is 9.47 Å². The van der Waals surface area contributed by atoms with Crippen LogP contribution in [0, 0.1) is 0 Å². The number of ether oxygens (including phenoxy) is 2. The quantitative estimate of drug-likeness (QED) is 0.755. The minimum absolute atomic E-state index is 0.0197. The average Bonchev–Trinajstić information content (AvgIpc) is 3.07. The summed E-state index contributed by atoms with van der Waals surface area (Å²) >= 11 is 0. The minimum Gasteiger partial charge on any atom is -0.454 e. The fourth-order valence-corrected chi connectivity index (χ4v) is 2.81. The van der Waals surface area contributed by atoms with E-state index in [1.165, 1.54) is 0 Å². The van der Waals surface area contributed by atoms with E-state index in [1.807, 2.05) is 36.4 Å². The van der Waals surface area contributed by atoms with Crippen LogP contribution >= 0.6 is 0 Å². The number of rotatable bonds is 7. The lowest BCUT2D eigenvalue weighted by atomic mass is 10.0. The molecule has 1 aliphatic rings. The molecule has 3 rings (SSSR count). The van der Waals surface area contributed by atoms with E-state index >= 15 is 0 Å². The van der Waals surface area contributed by atoms with Crippen molar-refractivity contribution in [3.05, 3.63) is 53.6 Å². The van der Waals surface area contributed by atoms with Crippen LogP contribution in [-0.2, 0) is 11.3 Å². The fourth-order valence-electron chi connectivity index (χ4n) is 2.81. The van der Waals surface area contributed by atoms with E-state index in [9.17, 15) is 4.79 Å². The van der Waals surface area contributed by atoms with Gasteiger partial charge in [0.25, 0.3) is 0 Å². The van der Waals surface area contributed by atoms with Crippen molar-refractivity contribution in [2.75, 3.05) is 18.7 Å². The van der Waals surface area contributed by atoms with Crippen LogP contribution in [0.1, 0.15) is 37.3 Å². The number of fused-ring (bicyclic) bond motifs is 1. The smallest absolute Gasteiger partial charge is 0.231 e. The van der Waals surface area contributed by atoms with Crippen molar-refractivity contribution in [2.24, 2.45) is 0 Å². The van der Waals surface area contributed by atoms with Gasteiger partial charge in [0.2, 0.25) is 12.7 Å². The maximum Gasteiger partial charge on any atom is 0.231 e. The molecule has 1 aliphatic heterocycles. The second kappa shape index (κ2) is 8.03. The summed E-state index contributed by atoms with van der Waals surface area (Å²) in [6, 6.07) is 13.8. The highest BCUT2D eigenvalue weighted by atomic mass is 16.7. The Balaban J connectivity index is 1.44. The molecule has 1 heterocycles. The molecule has 1 amide bonds. The zero-order chi connectivity index (χ0) is 17.6. The van der Waals surface area contributed by atoms with E-state index < -0.39 is 0 Å². The molecule has 2 aromatic carbocycles. The molecule has 0 radical (unpaired) electrons. The molecule has 2 aromatic rings. The van der Waals surface area contributed by atoms with Crippen LogP contribution in [0.5, 0.6) is 11.5 Å². The molecule has 2 N–H and O–H groups in total. The molecular formula is C20H24N2O3. The van der Waals surface area contributed by atoms with E-state index in [0.29, 0.717) is 25.4 Å². The van der Waals surface area contributed by atoms with Crippen molar-refractivity contribution in [3.63, 3.8) is 0 Å². The normalized spacial score (nSPS) is 12.4. The molecule has 0 unspecified atom stereocenters. The zero-order valence-electron chi connectivity index (χ0n) is 14.7. The summed E-state index contributed by atoms with van der Waals surface area (Å²) in [5.41, 5.74) is 3.16. The monoisotopic (exact) mass is 340 g/mol. The molecule has 0 spiro atoms. The second-order valence-corrected chi connectivity index (χ2v) is 6.40. The van der Waals surface area contributed by atoms with Crippen molar-refractivity contribution in [3.8, 4) is 11.5 Å². The van der Waals surface area contributed by atoms with Gasteiger partial charge >= 0.3 is 0 Å². The Bertz CT molecular complexity index is 743. The lowest BCUT2D eigenvalue weighted by Gasteiger charge is -2.13. The third-order valence-electron chi connectivity index (χ3n) is 4.15. The minimum atomic E-state index is 0.0197. The number of hydrogen-bond donors (Lipinski definition) is 2. The number of carbonyl (C=O) groups excluding carboxylic acids is 1. The number of nitrogens with one attached hydrogen (secondary N) is 2. The first-order valence-corrected chi connectivity index (χ1v) is 8.61. The van der Waals surface area contributed by atoms with Crippen LogP contribution < -0.4 is 20.1 Å². The highest BCUT2D eigenvalue weighted by Crippen LogP contribution is 2.32. The van der Waals surface area contributed by atoms with Crippen molar-refractivity contribution in [1.29, 1.82) is 0 Å². The Morgan fingerprint density at radius 1 is 1.12 bits per heavy atom. The predicted molar refractivity (Wildman–Crippen MR) is 98.0 cm³/mol. The highest BCUT2D eigenvalue weighted by molar-refractivity contribution is 5.91. The predicted octanol–water partition coefficient (Wildman–Crippen LogP) is 3.66. The third-order valence-corrected chi connectivity index (χ3v) is 4.15. The van der Waals surface area contributed by atoms with Crippen molar-refractivity contribution < 1.29 is 14.3 Å². The van der Waals surface area contributed by atoms with Gasteiger partial charge in [0.1, 0.15) is 0 Å². The lowest BCUT2D eigenvalue weighted by Crippen LogP contribution is -2.22. The molecule has 5 nitrogen and oxygen atoms in total. The van der Waals surface area contributed by atoms with E-state index in [1.54, 1.807) is 0 Å². The van der Waals surface area contributed by atoms with E-state index in [-0.39, 0.29) is 12.7 Å². The summed E-state index contributed by atoms with van der Waals surface area (Å²) in [5, 5.41) is 6.30. The maximum atomic E-state index is 12.2. The summed E-state index contributed by atoms with van der Waals surface area (Å²) in [6.07, 6.45) is 0.428. The Morgan fingerprint density at radius 2 is 1.92 bits per heavy atom. The van der Waals surface area contributed by atoms with Gasteiger partial charge in [0, 0.05) is 25.2 Å². The summed E-state index contributed by atoms with van der Waals surface area (Å²) in [5.74, 6) is 1.96. The Hall–Kier alpha value is -2.53. The summed E-state index contributed by atoms with van der Waals surface area (Å²) in [6.45, 7) is 5.83. The maximum absolute atomic E-state index is 12.2. The second-order valence-electron chi connectivity index (χ2n) is 6.40. The molecule has 0 saturated carbocycles. The van der Waals surface area contributed by atoms with Gasteiger partial charge in [-0.15, -0.1) is 0 Å². The Labute approximate surface area is 148 Å². The van der Waals surface area contributed by atoms with Crippen LogP contribution in [0.15, 0.2) is 42.5 Å². The molecule has 0 saturated heterocycles. The average molecular weight is 340 g/mol. The SMILES string of the molecule is CC(C)c1ccccc1NC(=O)CCNCc1ccc2c(c1)OCO2. The van der Waals surface area contributed by atoms with Gasteiger partial charge in [0.15, 0.2) is 11.5 Å². The van der Waals surface area contributed by atoms with Crippen molar-refractivity contribution in [2.45, 2.75) is 32.7 Å². The topological polar surface area (TPSA) is 59.6 Å². The van der Waals surface area contributed by atoms with Gasteiger partial charge in [-0.2, -0.15) is 0 Å². The molecule has 132 valence electrons. The van der Waals surface area contributed by atoms with Crippen LogP contribution in [0.3, 0.4) is 0 Å². The van der Waals surface area contributed by atoms with E-state index in [2.05, 4.69) is 30.5 Å². The van der Waals surface area contributed by atoms with Crippen LogP contribution in [0.2, 0.25) is 0 Å².